The van der Waals surface area contributed by atoms with Gasteiger partial charge in [-0.1, -0.05) is 31.2 Å². The Morgan fingerprint density at radius 1 is 1.13 bits per heavy atom. The van der Waals surface area contributed by atoms with E-state index in [0.717, 1.165) is 42.5 Å². The number of nitrogens with one attached hydrogen (secondary N) is 2. The molecule has 1 aliphatic rings. The first-order valence-electron chi connectivity index (χ1n) is 10.1. The van der Waals surface area contributed by atoms with Gasteiger partial charge in [0.05, 0.1) is 10.7 Å². The van der Waals surface area contributed by atoms with Gasteiger partial charge in [-0.15, -0.1) is 0 Å². The van der Waals surface area contributed by atoms with E-state index in [9.17, 15) is 8.78 Å². The molecule has 0 saturated carbocycles. The summed E-state index contributed by atoms with van der Waals surface area (Å²) in [6.45, 7) is 2.43. The maximum absolute atomic E-state index is 13.4. The molecule has 4 nitrogen and oxygen atoms in total. The SMILES string of the molecule is C.Fc1ccc(CNc2cccc(-c3cc(C[C@@H]4CCCNC4)ncc3Cl)n2)cc1F. The summed E-state index contributed by atoms with van der Waals surface area (Å²) in [7, 11) is 0. The maximum atomic E-state index is 13.4. The monoisotopic (exact) mass is 444 g/mol. The van der Waals surface area contributed by atoms with Crippen LogP contribution in [0, 0.1) is 17.6 Å². The third-order valence-electron chi connectivity index (χ3n) is 5.29. The van der Waals surface area contributed by atoms with Crippen molar-refractivity contribution in [2.24, 2.45) is 5.92 Å². The zero-order valence-electron chi connectivity index (χ0n) is 16.5. The molecule has 0 amide bonds. The van der Waals surface area contributed by atoms with Gasteiger partial charge in [0.15, 0.2) is 11.6 Å². The Hall–Kier alpha value is -2.57. The van der Waals surface area contributed by atoms with Crippen LogP contribution in [0.5, 0.6) is 0 Å². The molecule has 2 aromatic heterocycles. The van der Waals surface area contributed by atoms with E-state index in [4.69, 9.17) is 11.6 Å². The molecular weight excluding hydrogens is 418 g/mol. The zero-order chi connectivity index (χ0) is 20.9. The van der Waals surface area contributed by atoms with Crippen LogP contribution in [0.2, 0.25) is 5.02 Å². The molecule has 164 valence electrons. The summed E-state index contributed by atoms with van der Waals surface area (Å²) in [4.78, 5) is 9.15. The molecule has 1 saturated heterocycles. The summed E-state index contributed by atoms with van der Waals surface area (Å²) in [6.07, 6.45) is 4.99. The van der Waals surface area contributed by atoms with Crippen molar-refractivity contribution in [1.29, 1.82) is 0 Å². The number of aromatic nitrogens is 2. The molecule has 3 aromatic rings. The van der Waals surface area contributed by atoms with Gasteiger partial charge in [-0.3, -0.25) is 4.98 Å². The third kappa shape index (κ3) is 5.99. The number of nitrogens with zero attached hydrogens (tertiary/aromatic N) is 2. The van der Waals surface area contributed by atoms with Crippen LogP contribution < -0.4 is 10.6 Å². The molecule has 1 aromatic carbocycles. The fourth-order valence-electron chi connectivity index (χ4n) is 3.71. The lowest BCUT2D eigenvalue weighted by Crippen LogP contribution is -2.31. The molecule has 0 bridgehead atoms. The van der Waals surface area contributed by atoms with Crippen molar-refractivity contribution >= 4 is 17.4 Å². The van der Waals surface area contributed by atoms with Crippen molar-refractivity contribution in [1.82, 2.24) is 15.3 Å². The van der Waals surface area contributed by atoms with Crippen molar-refractivity contribution < 1.29 is 8.78 Å². The van der Waals surface area contributed by atoms with Gasteiger partial charge in [0.25, 0.3) is 0 Å². The van der Waals surface area contributed by atoms with Crippen LogP contribution in [0.3, 0.4) is 0 Å². The Morgan fingerprint density at radius 2 is 2.00 bits per heavy atom. The molecule has 0 radical (unpaired) electrons. The lowest BCUT2D eigenvalue weighted by atomic mass is 9.94. The lowest BCUT2D eigenvalue weighted by Gasteiger charge is -2.22. The van der Waals surface area contributed by atoms with Crippen LogP contribution >= 0.6 is 11.6 Å². The molecule has 4 rings (SSSR count). The summed E-state index contributed by atoms with van der Waals surface area (Å²) in [6, 6.07) is 11.5. The van der Waals surface area contributed by atoms with Gasteiger partial charge in [0, 0.05) is 24.0 Å². The molecule has 1 aliphatic heterocycles. The second-order valence-electron chi connectivity index (χ2n) is 7.58. The molecule has 31 heavy (non-hydrogen) atoms. The largest absolute Gasteiger partial charge is 0.366 e. The molecule has 2 N–H and O–H groups in total. The van der Waals surface area contributed by atoms with E-state index in [0.29, 0.717) is 28.9 Å². The second kappa shape index (κ2) is 10.6. The standard InChI is InChI=1S/C23H23ClF2N4.CH4/c24-19-14-28-17(9-15-3-2-8-27-12-15)11-18(19)22-4-1-5-23(30-22)29-13-16-6-7-20(25)21(26)10-16;/h1,4-7,10-11,14-15,27H,2-3,8-9,12-13H2,(H,29,30);1H4/t15-;/m0./s1. The van der Waals surface area contributed by atoms with Crippen molar-refractivity contribution in [2.45, 2.75) is 33.2 Å². The third-order valence-corrected chi connectivity index (χ3v) is 5.59. The van der Waals surface area contributed by atoms with Gasteiger partial charge in [-0.05, 0) is 74.2 Å². The summed E-state index contributed by atoms with van der Waals surface area (Å²) in [5.74, 6) is -0.508. The average Bonchev–Trinajstić information content (AvgIpc) is 2.77. The van der Waals surface area contributed by atoms with Gasteiger partial charge in [-0.25, -0.2) is 13.8 Å². The molecule has 7 heteroatoms. The number of halogens is 3. The van der Waals surface area contributed by atoms with E-state index in [-0.39, 0.29) is 7.43 Å². The van der Waals surface area contributed by atoms with Crippen LogP contribution in [0.15, 0.2) is 48.7 Å². The number of rotatable bonds is 6. The molecule has 0 aliphatic carbocycles. The predicted molar refractivity (Wildman–Crippen MR) is 122 cm³/mol. The minimum absolute atomic E-state index is 0. The van der Waals surface area contributed by atoms with Crippen LogP contribution in [0.25, 0.3) is 11.3 Å². The Morgan fingerprint density at radius 3 is 2.77 bits per heavy atom. The van der Waals surface area contributed by atoms with Gasteiger partial charge in [0.1, 0.15) is 5.82 Å². The van der Waals surface area contributed by atoms with E-state index in [2.05, 4.69) is 20.6 Å². The van der Waals surface area contributed by atoms with Crippen molar-refractivity contribution in [3.8, 4) is 11.3 Å². The molecule has 3 heterocycles. The van der Waals surface area contributed by atoms with E-state index in [1.807, 2.05) is 24.3 Å². The van der Waals surface area contributed by atoms with E-state index in [1.165, 1.54) is 18.9 Å². The zero-order valence-corrected chi connectivity index (χ0v) is 17.2. The first kappa shape index (κ1) is 23.1. The highest BCUT2D eigenvalue weighted by molar-refractivity contribution is 6.33. The van der Waals surface area contributed by atoms with Crippen LogP contribution in [0.1, 0.15) is 31.5 Å². The van der Waals surface area contributed by atoms with Gasteiger partial charge in [0.2, 0.25) is 0 Å². The van der Waals surface area contributed by atoms with Crippen LogP contribution in [-0.4, -0.2) is 23.1 Å². The molecular formula is C24H27ClF2N4. The summed E-state index contributed by atoms with van der Waals surface area (Å²) >= 11 is 6.42. The number of hydrogen-bond donors (Lipinski definition) is 2. The Kier molecular flexibility index (Phi) is 7.93. The highest BCUT2D eigenvalue weighted by Gasteiger charge is 2.16. The minimum atomic E-state index is -0.861. The predicted octanol–water partition coefficient (Wildman–Crippen LogP) is 5.87. The van der Waals surface area contributed by atoms with Gasteiger partial charge < -0.3 is 10.6 Å². The topological polar surface area (TPSA) is 49.8 Å². The molecule has 1 fully saturated rings. The molecule has 1 atom stereocenters. The number of piperidine rings is 1. The fraction of sp³-hybridized carbons (Fsp3) is 0.333. The van der Waals surface area contributed by atoms with E-state index >= 15 is 0 Å². The second-order valence-corrected chi connectivity index (χ2v) is 7.99. The number of anilines is 1. The number of benzene rings is 1. The van der Waals surface area contributed by atoms with E-state index in [1.54, 1.807) is 12.3 Å². The number of hydrogen-bond acceptors (Lipinski definition) is 4. The fourth-order valence-corrected chi connectivity index (χ4v) is 3.91. The molecule has 0 unspecified atom stereocenters. The average molecular weight is 445 g/mol. The normalized spacial score (nSPS) is 15.9. The minimum Gasteiger partial charge on any atom is -0.366 e. The highest BCUT2D eigenvalue weighted by atomic mass is 35.5. The summed E-state index contributed by atoms with van der Waals surface area (Å²) in [5.41, 5.74) is 3.21. The maximum Gasteiger partial charge on any atom is 0.159 e. The Labute approximate surface area is 187 Å². The van der Waals surface area contributed by atoms with Crippen molar-refractivity contribution in [3.63, 3.8) is 0 Å². The number of pyridine rings is 2. The molecule has 0 spiro atoms. The first-order chi connectivity index (χ1) is 14.6. The summed E-state index contributed by atoms with van der Waals surface area (Å²) in [5, 5.41) is 7.13. The Bertz CT molecular complexity index is 1020. The first-order valence-corrected chi connectivity index (χ1v) is 10.5. The van der Waals surface area contributed by atoms with Crippen LogP contribution in [-0.2, 0) is 13.0 Å². The lowest BCUT2D eigenvalue weighted by molar-refractivity contribution is 0.373. The highest BCUT2D eigenvalue weighted by Crippen LogP contribution is 2.28. The van der Waals surface area contributed by atoms with Crippen LogP contribution in [0.4, 0.5) is 14.6 Å². The van der Waals surface area contributed by atoms with Crippen molar-refractivity contribution in [2.75, 3.05) is 18.4 Å². The van der Waals surface area contributed by atoms with Gasteiger partial charge in [-0.2, -0.15) is 0 Å². The quantitative estimate of drug-likeness (QED) is 0.499. The Balaban J connectivity index is 0.00000272. The van der Waals surface area contributed by atoms with E-state index < -0.39 is 11.6 Å². The van der Waals surface area contributed by atoms with Gasteiger partial charge >= 0.3 is 0 Å². The van der Waals surface area contributed by atoms with Crippen molar-refractivity contribution in [3.05, 3.63) is 76.6 Å². The summed E-state index contributed by atoms with van der Waals surface area (Å²) < 4.78 is 26.5. The smallest absolute Gasteiger partial charge is 0.159 e.